The van der Waals surface area contributed by atoms with Gasteiger partial charge >= 0.3 is 19.8 Å². The maximum Gasteiger partial charge on any atom is 0.472 e. The fourth-order valence-electron chi connectivity index (χ4n) is 5.50. The Morgan fingerprint density at radius 2 is 1.17 bits per heavy atom. The third-order valence-electron chi connectivity index (χ3n) is 8.73. The molecule has 0 amide bonds. The summed E-state index contributed by atoms with van der Waals surface area (Å²) in [7, 11) is -4.44. The Morgan fingerprint density at radius 3 is 1.77 bits per heavy atom. The lowest BCUT2D eigenvalue weighted by Gasteiger charge is -2.20. The number of allylic oxidation sites excluding steroid dienone is 5. The molecule has 0 aromatic carbocycles. The van der Waals surface area contributed by atoms with Crippen molar-refractivity contribution in [1.29, 1.82) is 0 Å². The van der Waals surface area contributed by atoms with Crippen LogP contribution in [0.1, 0.15) is 168 Å². The molecular weight excluding hydrogens is 697 g/mol. The molecule has 4 atom stereocenters. The van der Waals surface area contributed by atoms with Crippen molar-refractivity contribution in [2.24, 2.45) is 5.73 Å². The molecule has 53 heavy (non-hydrogen) atoms. The van der Waals surface area contributed by atoms with Crippen LogP contribution in [0.2, 0.25) is 0 Å². The first kappa shape index (κ1) is 51.1. The molecule has 5 N–H and O–H groups in total. The Hall–Kier alpha value is -1.85. The van der Waals surface area contributed by atoms with Crippen LogP contribution in [0.15, 0.2) is 36.5 Å². The molecule has 0 bridgehead atoms. The quantitative estimate of drug-likeness (QED) is 0.0204. The Balaban J connectivity index is 4.43. The largest absolute Gasteiger partial charge is 0.472 e. The molecule has 0 spiro atoms. The lowest BCUT2D eigenvalue weighted by molar-refractivity contribution is -0.161. The molecule has 0 heterocycles. The summed E-state index contributed by atoms with van der Waals surface area (Å²) >= 11 is 0. The van der Waals surface area contributed by atoms with Crippen LogP contribution in [0.4, 0.5) is 0 Å². The molecule has 0 radical (unpaired) electrons. The lowest BCUT2D eigenvalue weighted by atomic mass is 10.0. The van der Waals surface area contributed by atoms with E-state index in [0.717, 1.165) is 38.5 Å². The number of hydrogen-bond acceptors (Lipinski definition) is 10. The van der Waals surface area contributed by atoms with Crippen LogP contribution in [-0.2, 0) is 32.7 Å². The van der Waals surface area contributed by atoms with Gasteiger partial charge in [-0.15, -0.1) is 0 Å². The average Bonchev–Trinajstić information content (AvgIpc) is 3.14. The molecule has 0 aliphatic rings. The first-order valence-corrected chi connectivity index (χ1v) is 22.1. The van der Waals surface area contributed by atoms with Crippen LogP contribution in [0.25, 0.3) is 0 Å². The molecule has 0 aromatic heterocycles. The number of aliphatic hydroxyl groups excluding tert-OH is 2. The van der Waals surface area contributed by atoms with Crippen LogP contribution in [-0.4, -0.2) is 71.7 Å². The van der Waals surface area contributed by atoms with E-state index in [2.05, 4.69) is 38.2 Å². The summed E-state index contributed by atoms with van der Waals surface area (Å²) in [5, 5.41) is 20.6. The molecule has 0 aliphatic carbocycles. The highest BCUT2D eigenvalue weighted by atomic mass is 31.2. The Bertz CT molecular complexity index is 1010. The second-order valence-electron chi connectivity index (χ2n) is 13.8. The van der Waals surface area contributed by atoms with Gasteiger partial charge in [0.15, 0.2) is 6.10 Å². The summed E-state index contributed by atoms with van der Waals surface area (Å²) in [6.45, 7) is 3.36. The fourth-order valence-corrected chi connectivity index (χ4v) is 6.27. The van der Waals surface area contributed by atoms with Crippen molar-refractivity contribution in [2.75, 3.05) is 26.4 Å². The number of rotatable bonds is 38. The van der Waals surface area contributed by atoms with Crippen molar-refractivity contribution in [3.63, 3.8) is 0 Å². The molecule has 310 valence electrons. The molecule has 0 aliphatic heterocycles. The summed E-state index contributed by atoms with van der Waals surface area (Å²) < 4.78 is 32.5. The first-order valence-electron chi connectivity index (χ1n) is 20.6. The van der Waals surface area contributed by atoms with E-state index < -0.39 is 44.7 Å². The molecule has 0 fully saturated rings. The SMILES string of the molecule is CCCCC/C=C\C/C=C\C/C=C\CC(O)C(O)CCCC(=O)OC[C@H](COP(=O)(O)OCCN)OC(=O)CCCCCCCCCCCCCCC. The number of carbonyl (C=O) groups excluding carboxylic acids is 2. The smallest absolute Gasteiger partial charge is 0.462 e. The summed E-state index contributed by atoms with van der Waals surface area (Å²) in [4.78, 5) is 34.8. The van der Waals surface area contributed by atoms with E-state index in [1.807, 2.05) is 12.2 Å². The van der Waals surface area contributed by atoms with Gasteiger partial charge in [-0.3, -0.25) is 18.6 Å². The number of nitrogens with two attached hydrogens (primary N) is 1. The zero-order valence-electron chi connectivity index (χ0n) is 33.2. The van der Waals surface area contributed by atoms with Gasteiger partial charge in [0.1, 0.15) is 6.61 Å². The number of phosphoric ester groups is 1. The normalized spacial score (nSPS) is 14.9. The Morgan fingerprint density at radius 1 is 0.642 bits per heavy atom. The molecule has 0 rings (SSSR count). The summed E-state index contributed by atoms with van der Waals surface area (Å²) in [5.74, 6) is -1.11. The molecule has 12 heteroatoms. The number of unbranched alkanes of at least 4 members (excludes halogenated alkanes) is 15. The molecule has 0 saturated heterocycles. The highest BCUT2D eigenvalue weighted by Crippen LogP contribution is 2.43. The van der Waals surface area contributed by atoms with Gasteiger partial charge in [-0.1, -0.05) is 140 Å². The maximum atomic E-state index is 12.5. The second kappa shape index (κ2) is 37.1. The minimum Gasteiger partial charge on any atom is -0.462 e. The van der Waals surface area contributed by atoms with Gasteiger partial charge in [-0.25, -0.2) is 4.57 Å². The van der Waals surface area contributed by atoms with Crippen molar-refractivity contribution in [2.45, 2.75) is 186 Å². The fraction of sp³-hybridized carbons (Fsp3) is 0.805. The van der Waals surface area contributed by atoms with E-state index in [0.29, 0.717) is 12.8 Å². The van der Waals surface area contributed by atoms with Gasteiger partial charge < -0.3 is 30.3 Å². The summed E-state index contributed by atoms with van der Waals surface area (Å²) in [6, 6.07) is 0. The Labute approximate surface area is 321 Å². The van der Waals surface area contributed by atoms with Crippen LogP contribution < -0.4 is 5.73 Å². The molecule has 0 saturated carbocycles. The van der Waals surface area contributed by atoms with Gasteiger partial charge in [0.25, 0.3) is 0 Å². The predicted molar refractivity (Wildman–Crippen MR) is 213 cm³/mol. The van der Waals surface area contributed by atoms with Gasteiger partial charge in [0.05, 0.1) is 25.4 Å². The van der Waals surface area contributed by atoms with Crippen LogP contribution in [0.5, 0.6) is 0 Å². The maximum absolute atomic E-state index is 12.5. The van der Waals surface area contributed by atoms with E-state index in [1.54, 1.807) is 0 Å². The number of aliphatic hydroxyl groups is 2. The zero-order valence-corrected chi connectivity index (χ0v) is 34.1. The van der Waals surface area contributed by atoms with Gasteiger partial charge in [0, 0.05) is 19.4 Å². The molecule has 11 nitrogen and oxygen atoms in total. The molecule has 3 unspecified atom stereocenters. The predicted octanol–water partition coefficient (Wildman–Crippen LogP) is 9.33. The standard InChI is InChI=1S/C41H76NO10P/c1-3-5-7-9-11-13-15-17-19-21-23-25-27-31-41(46)52-37(36-51-53(47,48)50-34-33-42)35-49-40(45)32-28-30-39(44)38(43)29-26-24-22-20-18-16-14-12-10-8-6-4-2/h12,14,18,20,24,26,37-39,43-44H,3-11,13,15-17,19,21-23,25,27-36,42H2,1-2H3,(H,47,48)/b14-12-,20-18-,26-24-/t37-,38?,39?/m1/s1. The van der Waals surface area contributed by atoms with E-state index in [1.165, 1.54) is 77.0 Å². The second-order valence-corrected chi connectivity index (χ2v) is 15.3. The summed E-state index contributed by atoms with van der Waals surface area (Å²) in [5.41, 5.74) is 5.32. The van der Waals surface area contributed by atoms with E-state index in [-0.39, 0.29) is 45.4 Å². The zero-order chi connectivity index (χ0) is 39.3. The van der Waals surface area contributed by atoms with Crippen molar-refractivity contribution in [1.82, 2.24) is 0 Å². The number of ether oxygens (including phenoxy) is 2. The Kier molecular flexibility index (Phi) is 35.8. The van der Waals surface area contributed by atoms with Gasteiger partial charge in [-0.2, -0.15) is 0 Å². The highest BCUT2D eigenvalue weighted by molar-refractivity contribution is 7.47. The highest BCUT2D eigenvalue weighted by Gasteiger charge is 2.26. The number of carbonyl (C=O) groups is 2. The molecular formula is C41H76NO10P. The lowest BCUT2D eigenvalue weighted by Crippen LogP contribution is -2.30. The van der Waals surface area contributed by atoms with Gasteiger partial charge in [-0.05, 0) is 51.4 Å². The first-order chi connectivity index (χ1) is 25.6. The van der Waals surface area contributed by atoms with Crippen molar-refractivity contribution >= 4 is 19.8 Å². The van der Waals surface area contributed by atoms with Crippen LogP contribution in [0, 0.1) is 0 Å². The number of hydrogen-bond donors (Lipinski definition) is 4. The average molecular weight is 774 g/mol. The van der Waals surface area contributed by atoms with E-state index in [4.69, 9.17) is 24.3 Å². The minimum atomic E-state index is -4.44. The van der Waals surface area contributed by atoms with Gasteiger partial charge in [0.2, 0.25) is 0 Å². The third-order valence-corrected chi connectivity index (χ3v) is 9.71. The van der Waals surface area contributed by atoms with Crippen molar-refractivity contribution < 1.29 is 47.8 Å². The van der Waals surface area contributed by atoms with Crippen LogP contribution >= 0.6 is 7.82 Å². The van der Waals surface area contributed by atoms with Crippen molar-refractivity contribution in [3.05, 3.63) is 36.5 Å². The topological polar surface area (TPSA) is 175 Å². The van der Waals surface area contributed by atoms with Crippen LogP contribution in [0.3, 0.4) is 0 Å². The monoisotopic (exact) mass is 774 g/mol. The number of phosphoric acid groups is 1. The number of esters is 2. The van der Waals surface area contributed by atoms with E-state index in [9.17, 15) is 29.3 Å². The van der Waals surface area contributed by atoms with E-state index >= 15 is 0 Å². The summed E-state index contributed by atoms with van der Waals surface area (Å²) in [6.07, 6.45) is 32.1. The molecule has 0 aromatic rings. The van der Waals surface area contributed by atoms with Crippen molar-refractivity contribution in [3.8, 4) is 0 Å². The minimum absolute atomic E-state index is 0.0145. The third kappa shape index (κ3) is 35.6.